The van der Waals surface area contributed by atoms with Crippen LogP contribution >= 0.6 is 0 Å². The van der Waals surface area contributed by atoms with Crippen LogP contribution in [0.2, 0.25) is 0 Å². The zero-order valence-corrected chi connectivity index (χ0v) is 20.1. The summed E-state index contributed by atoms with van der Waals surface area (Å²) in [6, 6.07) is 11.7. The molecule has 3 aromatic rings. The average molecular weight is 489 g/mol. The number of para-hydroxylation sites is 1. The highest BCUT2D eigenvalue weighted by atomic mass is 19.4. The van der Waals surface area contributed by atoms with Crippen molar-refractivity contribution >= 4 is 11.7 Å². The maximum absolute atomic E-state index is 13.1. The molecule has 0 aliphatic rings. The van der Waals surface area contributed by atoms with Gasteiger partial charge in [-0.15, -0.1) is 0 Å². The van der Waals surface area contributed by atoms with Crippen LogP contribution in [0.5, 0.6) is 5.75 Å². The van der Waals surface area contributed by atoms with Gasteiger partial charge in [0.2, 0.25) is 0 Å². The average Bonchev–Trinajstić information content (AvgIpc) is 3.11. The number of nitrogens with zero attached hydrogens (tertiary/aromatic N) is 3. The maximum atomic E-state index is 13.1. The van der Waals surface area contributed by atoms with Gasteiger partial charge in [0.15, 0.2) is 0 Å². The molecule has 0 fully saturated rings. The van der Waals surface area contributed by atoms with E-state index in [9.17, 15) is 22.8 Å². The summed E-state index contributed by atoms with van der Waals surface area (Å²) in [6.07, 6.45) is -4.52. The molecule has 1 heterocycles. The summed E-state index contributed by atoms with van der Waals surface area (Å²) in [5.41, 5.74) is 0.726. The highest BCUT2D eigenvalue weighted by molar-refractivity contribution is 6.43. The van der Waals surface area contributed by atoms with Crippen molar-refractivity contribution in [2.45, 2.75) is 26.1 Å². The maximum Gasteiger partial charge on any atom is 0.416 e. The minimum atomic E-state index is -4.52. The highest BCUT2D eigenvalue weighted by Gasteiger charge is 2.31. The number of Topliss-reactive ketones (excluding diaryl/α,β-unsaturated/α-hetero) is 1. The molecule has 1 unspecified atom stereocenters. The quantitative estimate of drug-likeness (QED) is 0.381. The summed E-state index contributed by atoms with van der Waals surface area (Å²) in [5.74, 6) is -0.988. The van der Waals surface area contributed by atoms with Crippen molar-refractivity contribution in [1.29, 1.82) is 0 Å². The number of hydrogen-bond acceptors (Lipinski definition) is 5. The van der Waals surface area contributed by atoms with Crippen LogP contribution in [-0.2, 0) is 11.0 Å². The number of carbonyl (C=O) groups excluding carboxylic acids is 2. The van der Waals surface area contributed by atoms with E-state index in [0.717, 1.165) is 17.7 Å². The van der Waals surface area contributed by atoms with Gasteiger partial charge in [0.25, 0.3) is 11.7 Å². The van der Waals surface area contributed by atoms with Crippen LogP contribution in [0, 0.1) is 13.8 Å². The molecule has 1 aromatic heterocycles. The smallest absolute Gasteiger partial charge is 0.416 e. The first-order valence-corrected chi connectivity index (χ1v) is 10.8. The van der Waals surface area contributed by atoms with Crippen molar-refractivity contribution < 1.29 is 27.5 Å². The highest BCUT2D eigenvalue weighted by Crippen LogP contribution is 2.31. The summed E-state index contributed by atoms with van der Waals surface area (Å²) in [7, 11) is 5.25. The Bertz CT molecular complexity index is 1230. The van der Waals surface area contributed by atoms with Gasteiger partial charge in [0, 0.05) is 12.1 Å². The van der Waals surface area contributed by atoms with Crippen molar-refractivity contribution in [2.24, 2.45) is 0 Å². The minimum Gasteiger partial charge on any atom is -0.496 e. The van der Waals surface area contributed by atoms with Gasteiger partial charge in [-0.2, -0.15) is 18.3 Å². The minimum absolute atomic E-state index is 0.0543. The third-order valence-electron chi connectivity index (χ3n) is 5.72. The van der Waals surface area contributed by atoms with Crippen molar-refractivity contribution in [3.05, 3.63) is 76.6 Å². The predicted octanol–water partition coefficient (Wildman–Crippen LogP) is 4.12. The van der Waals surface area contributed by atoms with Gasteiger partial charge < -0.3 is 15.0 Å². The number of halogens is 3. The molecule has 2 aromatic carbocycles. The summed E-state index contributed by atoms with van der Waals surface area (Å²) < 4.78 is 46.1. The summed E-state index contributed by atoms with van der Waals surface area (Å²) in [5, 5.41) is 6.90. The number of ether oxygens (including phenoxy) is 1. The van der Waals surface area contributed by atoms with Gasteiger partial charge in [-0.25, -0.2) is 4.68 Å². The summed E-state index contributed by atoms with van der Waals surface area (Å²) in [4.78, 5) is 27.7. The fourth-order valence-electron chi connectivity index (χ4n) is 3.93. The number of aryl methyl sites for hydroxylation is 1. The fraction of sp³-hybridized carbons (Fsp3) is 0.320. The molecule has 0 radical (unpaired) electrons. The van der Waals surface area contributed by atoms with Crippen molar-refractivity contribution in [3.8, 4) is 11.4 Å². The number of ketones is 1. The molecule has 0 saturated carbocycles. The number of rotatable bonds is 8. The van der Waals surface area contributed by atoms with E-state index in [2.05, 4.69) is 10.4 Å². The van der Waals surface area contributed by atoms with E-state index in [4.69, 9.17) is 4.74 Å². The molecule has 1 atom stereocenters. The van der Waals surface area contributed by atoms with Crippen LogP contribution in [0.3, 0.4) is 0 Å². The van der Waals surface area contributed by atoms with Gasteiger partial charge >= 0.3 is 6.18 Å². The van der Waals surface area contributed by atoms with E-state index in [-0.39, 0.29) is 35.2 Å². The molecule has 0 saturated heterocycles. The van der Waals surface area contributed by atoms with Crippen LogP contribution in [-0.4, -0.2) is 54.1 Å². The molecule has 186 valence electrons. The Morgan fingerprint density at radius 2 is 1.80 bits per heavy atom. The molecule has 7 nitrogen and oxygen atoms in total. The Hall–Kier alpha value is -3.66. The van der Waals surface area contributed by atoms with E-state index in [1.807, 2.05) is 43.3 Å². The Kier molecular flexibility index (Phi) is 7.64. The molecule has 10 heteroatoms. The lowest BCUT2D eigenvalue weighted by molar-refractivity contribution is -0.137. The third kappa shape index (κ3) is 5.54. The second kappa shape index (κ2) is 10.3. The number of amides is 1. The number of hydrogen-bond donors (Lipinski definition) is 1. The molecular formula is C25H27F3N4O3. The van der Waals surface area contributed by atoms with Crippen LogP contribution in [0.15, 0.2) is 48.5 Å². The van der Waals surface area contributed by atoms with Crippen molar-refractivity contribution in [3.63, 3.8) is 0 Å². The zero-order valence-electron chi connectivity index (χ0n) is 20.1. The monoisotopic (exact) mass is 488 g/mol. The number of carbonyl (C=O) groups is 2. The lowest BCUT2D eigenvalue weighted by Gasteiger charge is -2.26. The molecule has 1 amide bonds. The van der Waals surface area contributed by atoms with Crippen LogP contribution in [0.4, 0.5) is 13.2 Å². The first kappa shape index (κ1) is 26.0. The van der Waals surface area contributed by atoms with Gasteiger partial charge in [0.05, 0.1) is 41.4 Å². The van der Waals surface area contributed by atoms with Crippen molar-refractivity contribution in [2.75, 3.05) is 27.7 Å². The number of alkyl halides is 3. The molecule has 35 heavy (non-hydrogen) atoms. The molecule has 0 aliphatic heterocycles. The van der Waals surface area contributed by atoms with E-state index in [0.29, 0.717) is 5.75 Å². The molecular weight excluding hydrogens is 461 g/mol. The SMILES string of the molecule is COc1ccccc1C(CNC(=O)C(=O)c1c(C)nn(-c2cccc(C(F)(F)F)c2)c1C)N(C)C. The lowest BCUT2D eigenvalue weighted by atomic mass is 10.0. The molecule has 0 spiro atoms. The van der Waals surface area contributed by atoms with E-state index in [1.165, 1.54) is 30.7 Å². The Morgan fingerprint density at radius 3 is 2.43 bits per heavy atom. The standard InChI is InChI=1S/C25H27F3N4O3/c1-15-22(16(2)32(30-15)18-10-8-9-17(13-18)25(26,27)28)23(33)24(34)29-14-20(31(3)4)19-11-6-7-12-21(19)35-5/h6-13,20H,14H2,1-5H3,(H,29,34). The Labute approximate surface area is 201 Å². The topological polar surface area (TPSA) is 76.5 Å². The number of benzene rings is 2. The number of methoxy groups -OCH3 is 1. The van der Waals surface area contributed by atoms with Gasteiger partial charge in [0.1, 0.15) is 5.75 Å². The van der Waals surface area contributed by atoms with E-state index >= 15 is 0 Å². The zero-order chi connectivity index (χ0) is 25.9. The molecule has 1 N–H and O–H groups in total. The van der Waals surface area contributed by atoms with Crippen LogP contribution in [0.25, 0.3) is 5.69 Å². The number of nitrogens with one attached hydrogen (secondary N) is 1. The Morgan fingerprint density at radius 1 is 1.11 bits per heavy atom. The van der Waals surface area contributed by atoms with E-state index < -0.39 is 23.4 Å². The number of likely N-dealkylation sites (N-methyl/N-ethyl adjacent to an activating group) is 1. The second-order valence-corrected chi connectivity index (χ2v) is 8.27. The van der Waals surface area contributed by atoms with Gasteiger partial charge in [-0.1, -0.05) is 24.3 Å². The first-order chi connectivity index (χ1) is 16.5. The lowest BCUT2D eigenvalue weighted by Crippen LogP contribution is -2.38. The second-order valence-electron chi connectivity index (χ2n) is 8.27. The van der Waals surface area contributed by atoms with Crippen molar-refractivity contribution in [1.82, 2.24) is 20.0 Å². The van der Waals surface area contributed by atoms with Gasteiger partial charge in [-0.05, 0) is 52.2 Å². The van der Waals surface area contributed by atoms with Crippen LogP contribution in [0.1, 0.15) is 38.9 Å². The van der Waals surface area contributed by atoms with Gasteiger partial charge in [-0.3, -0.25) is 9.59 Å². The Balaban J connectivity index is 1.83. The third-order valence-corrected chi connectivity index (χ3v) is 5.72. The molecule has 0 aliphatic carbocycles. The first-order valence-electron chi connectivity index (χ1n) is 10.8. The summed E-state index contributed by atoms with van der Waals surface area (Å²) >= 11 is 0. The van der Waals surface area contributed by atoms with Crippen LogP contribution < -0.4 is 10.1 Å². The summed E-state index contributed by atoms with van der Waals surface area (Å²) in [6.45, 7) is 3.21. The largest absolute Gasteiger partial charge is 0.496 e. The van der Waals surface area contributed by atoms with E-state index in [1.54, 1.807) is 7.11 Å². The predicted molar refractivity (Wildman–Crippen MR) is 125 cm³/mol. The molecule has 3 rings (SSSR count). The normalized spacial score (nSPS) is 12.5. The molecule has 0 bridgehead atoms. The fourth-order valence-corrected chi connectivity index (χ4v) is 3.93. The number of aromatic nitrogens is 2.